The minimum atomic E-state index is 0.361. The summed E-state index contributed by atoms with van der Waals surface area (Å²) >= 11 is 0. The first-order valence-electron chi connectivity index (χ1n) is 6.27. The van der Waals surface area contributed by atoms with Crippen molar-refractivity contribution in [2.24, 2.45) is 17.6 Å². The second-order valence-corrected chi connectivity index (χ2v) is 5.07. The Hall–Kier alpha value is -0.570. The smallest absolute Gasteiger partial charge is 0.222 e. The summed E-state index contributed by atoms with van der Waals surface area (Å²) in [6.07, 6.45) is 6.90. The van der Waals surface area contributed by atoms with Crippen molar-refractivity contribution in [2.45, 2.75) is 38.5 Å². The third kappa shape index (κ3) is 3.20. The molecule has 86 valence electrons. The Balaban J connectivity index is 1.72. The Morgan fingerprint density at radius 2 is 2.07 bits per heavy atom. The number of hydrogen-bond donors (Lipinski definition) is 1. The molecule has 2 rings (SSSR count). The molecule has 1 atom stereocenters. The van der Waals surface area contributed by atoms with Gasteiger partial charge in [-0.25, -0.2) is 0 Å². The average Bonchev–Trinajstić information content (AvgIpc) is 3.10. The van der Waals surface area contributed by atoms with Gasteiger partial charge in [-0.05, 0) is 37.6 Å². The van der Waals surface area contributed by atoms with E-state index in [2.05, 4.69) is 0 Å². The minimum absolute atomic E-state index is 0.361. The fourth-order valence-electron chi connectivity index (χ4n) is 2.38. The second-order valence-electron chi connectivity index (χ2n) is 5.07. The molecule has 1 aliphatic carbocycles. The molecular weight excluding hydrogens is 188 g/mol. The number of likely N-dealkylation sites (tertiary alicyclic amines) is 1. The van der Waals surface area contributed by atoms with Crippen molar-refractivity contribution in [2.75, 3.05) is 19.6 Å². The second kappa shape index (κ2) is 4.97. The lowest BCUT2D eigenvalue weighted by Gasteiger charge is -2.32. The van der Waals surface area contributed by atoms with E-state index in [9.17, 15) is 4.79 Å². The predicted octanol–water partition coefficient (Wildman–Crippen LogP) is 1.37. The van der Waals surface area contributed by atoms with Crippen LogP contribution in [0.3, 0.4) is 0 Å². The monoisotopic (exact) mass is 210 g/mol. The van der Waals surface area contributed by atoms with E-state index in [0.717, 1.165) is 44.8 Å². The summed E-state index contributed by atoms with van der Waals surface area (Å²) in [5.74, 6) is 1.77. The summed E-state index contributed by atoms with van der Waals surface area (Å²) < 4.78 is 0. The lowest BCUT2D eigenvalue weighted by Crippen LogP contribution is -2.41. The summed E-state index contributed by atoms with van der Waals surface area (Å²) in [6, 6.07) is 0. The van der Waals surface area contributed by atoms with Crippen LogP contribution in [0.2, 0.25) is 0 Å². The van der Waals surface area contributed by atoms with Crippen molar-refractivity contribution in [3.8, 4) is 0 Å². The normalized spacial score (nSPS) is 26.7. The van der Waals surface area contributed by atoms with Gasteiger partial charge < -0.3 is 10.6 Å². The molecule has 3 nitrogen and oxygen atoms in total. The SMILES string of the molecule is NCC1CCCN(C(=O)CCC2CC2)C1. The molecule has 0 aromatic rings. The van der Waals surface area contributed by atoms with Crippen LogP contribution in [-0.4, -0.2) is 30.4 Å². The first-order valence-corrected chi connectivity index (χ1v) is 6.27. The summed E-state index contributed by atoms with van der Waals surface area (Å²) in [4.78, 5) is 13.9. The van der Waals surface area contributed by atoms with Crippen LogP contribution in [-0.2, 0) is 4.79 Å². The topological polar surface area (TPSA) is 46.3 Å². The lowest BCUT2D eigenvalue weighted by atomic mass is 9.98. The van der Waals surface area contributed by atoms with Crippen LogP contribution in [0, 0.1) is 11.8 Å². The highest BCUT2D eigenvalue weighted by Gasteiger charge is 2.26. The average molecular weight is 210 g/mol. The molecule has 2 N–H and O–H groups in total. The van der Waals surface area contributed by atoms with Crippen LogP contribution in [0.4, 0.5) is 0 Å². The van der Waals surface area contributed by atoms with E-state index in [4.69, 9.17) is 5.73 Å². The van der Waals surface area contributed by atoms with E-state index in [1.54, 1.807) is 0 Å². The molecular formula is C12H22N2O. The van der Waals surface area contributed by atoms with E-state index in [0.29, 0.717) is 11.8 Å². The minimum Gasteiger partial charge on any atom is -0.342 e. The third-order valence-electron chi connectivity index (χ3n) is 3.67. The van der Waals surface area contributed by atoms with Gasteiger partial charge in [0.15, 0.2) is 0 Å². The molecule has 1 aliphatic heterocycles. The van der Waals surface area contributed by atoms with Crippen molar-refractivity contribution in [3.05, 3.63) is 0 Å². The molecule has 15 heavy (non-hydrogen) atoms. The molecule has 0 radical (unpaired) electrons. The number of carbonyl (C=O) groups is 1. The van der Waals surface area contributed by atoms with E-state index in [1.165, 1.54) is 19.3 Å². The Kier molecular flexibility index (Phi) is 3.62. The zero-order valence-corrected chi connectivity index (χ0v) is 9.45. The molecule has 1 saturated carbocycles. The van der Waals surface area contributed by atoms with Crippen LogP contribution < -0.4 is 5.73 Å². The highest BCUT2D eigenvalue weighted by atomic mass is 16.2. The van der Waals surface area contributed by atoms with Gasteiger partial charge in [-0.2, -0.15) is 0 Å². The predicted molar refractivity (Wildman–Crippen MR) is 60.3 cm³/mol. The maximum atomic E-state index is 11.9. The standard InChI is InChI=1S/C12H22N2O/c13-8-11-2-1-7-14(9-11)12(15)6-5-10-3-4-10/h10-11H,1-9,13H2. The maximum Gasteiger partial charge on any atom is 0.222 e. The number of nitrogens with two attached hydrogens (primary N) is 1. The molecule has 0 aromatic heterocycles. The van der Waals surface area contributed by atoms with Gasteiger partial charge in [-0.15, -0.1) is 0 Å². The van der Waals surface area contributed by atoms with Crippen LogP contribution >= 0.6 is 0 Å². The number of piperidine rings is 1. The molecule has 0 aromatic carbocycles. The fourth-order valence-corrected chi connectivity index (χ4v) is 2.38. The van der Waals surface area contributed by atoms with Crippen LogP contribution in [0.15, 0.2) is 0 Å². The van der Waals surface area contributed by atoms with Crippen molar-refractivity contribution in [3.63, 3.8) is 0 Å². The van der Waals surface area contributed by atoms with Gasteiger partial charge >= 0.3 is 0 Å². The quantitative estimate of drug-likeness (QED) is 0.762. The zero-order chi connectivity index (χ0) is 10.7. The fraction of sp³-hybridized carbons (Fsp3) is 0.917. The molecule has 3 heteroatoms. The van der Waals surface area contributed by atoms with Gasteiger partial charge in [0.05, 0.1) is 0 Å². The lowest BCUT2D eigenvalue weighted by molar-refractivity contribution is -0.133. The summed E-state index contributed by atoms with van der Waals surface area (Å²) in [5, 5.41) is 0. The Bertz CT molecular complexity index is 226. The van der Waals surface area contributed by atoms with Crippen molar-refractivity contribution in [1.82, 2.24) is 4.90 Å². The number of carbonyl (C=O) groups excluding carboxylic acids is 1. The summed E-state index contributed by atoms with van der Waals surface area (Å²) in [7, 11) is 0. The van der Waals surface area contributed by atoms with Gasteiger partial charge in [0.1, 0.15) is 0 Å². The molecule has 2 aliphatic rings. The van der Waals surface area contributed by atoms with Gasteiger partial charge in [0, 0.05) is 19.5 Å². The number of amides is 1. The summed E-state index contributed by atoms with van der Waals surface area (Å²) in [5.41, 5.74) is 5.66. The van der Waals surface area contributed by atoms with E-state index in [1.807, 2.05) is 4.90 Å². The highest BCUT2D eigenvalue weighted by molar-refractivity contribution is 5.76. The first kappa shape index (κ1) is 10.9. The molecule has 1 heterocycles. The van der Waals surface area contributed by atoms with Crippen molar-refractivity contribution < 1.29 is 4.79 Å². The van der Waals surface area contributed by atoms with Crippen molar-refractivity contribution >= 4 is 5.91 Å². The van der Waals surface area contributed by atoms with Crippen LogP contribution in [0.25, 0.3) is 0 Å². The summed E-state index contributed by atoms with van der Waals surface area (Å²) in [6.45, 7) is 2.59. The number of hydrogen-bond acceptors (Lipinski definition) is 2. The molecule has 2 fully saturated rings. The van der Waals surface area contributed by atoms with E-state index < -0.39 is 0 Å². The van der Waals surface area contributed by atoms with Gasteiger partial charge in [0.2, 0.25) is 5.91 Å². The first-order chi connectivity index (χ1) is 7.29. The van der Waals surface area contributed by atoms with Gasteiger partial charge in [-0.3, -0.25) is 4.79 Å². The van der Waals surface area contributed by atoms with E-state index >= 15 is 0 Å². The van der Waals surface area contributed by atoms with Crippen LogP contribution in [0.5, 0.6) is 0 Å². The van der Waals surface area contributed by atoms with Gasteiger partial charge in [-0.1, -0.05) is 12.8 Å². The molecule has 1 unspecified atom stereocenters. The third-order valence-corrected chi connectivity index (χ3v) is 3.67. The highest BCUT2D eigenvalue weighted by Crippen LogP contribution is 2.33. The molecule has 1 saturated heterocycles. The number of nitrogens with zero attached hydrogens (tertiary/aromatic N) is 1. The molecule has 1 amide bonds. The van der Waals surface area contributed by atoms with Gasteiger partial charge in [0.25, 0.3) is 0 Å². The van der Waals surface area contributed by atoms with Crippen molar-refractivity contribution in [1.29, 1.82) is 0 Å². The molecule has 0 bridgehead atoms. The van der Waals surface area contributed by atoms with E-state index in [-0.39, 0.29) is 0 Å². The Morgan fingerprint density at radius 3 is 2.73 bits per heavy atom. The molecule has 0 spiro atoms. The largest absolute Gasteiger partial charge is 0.342 e. The zero-order valence-electron chi connectivity index (χ0n) is 9.45. The number of rotatable bonds is 4. The van der Waals surface area contributed by atoms with Crippen LogP contribution in [0.1, 0.15) is 38.5 Å². The Labute approximate surface area is 92.0 Å². The maximum absolute atomic E-state index is 11.9. The Morgan fingerprint density at radius 1 is 1.27 bits per heavy atom.